The fraction of sp³-hybridized carbons (Fsp3) is 0.400. The molecule has 4 aromatic rings. The summed E-state index contributed by atoms with van der Waals surface area (Å²) in [5, 5.41) is 21.0. The number of benzene rings is 4. The molecule has 7 heteroatoms. The van der Waals surface area contributed by atoms with Gasteiger partial charge in [0.15, 0.2) is 0 Å². The highest BCUT2D eigenvalue weighted by molar-refractivity contribution is 9.11. The quantitative estimate of drug-likeness (QED) is 0.190. The smallest absolute Gasteiger partial charge is 0.443 e. The zero-order valence-electron chi connectivity index (χ0n) is 30.1. The fourth-order valence-electron chi connectivity index (χ4n) is 5.63. The zero-order valence-corrected chi connectivity index (χ0v) is 33.3. The number of halogens is 2. The molecule has 0 amide bonds. The van der Waals surface area contributed by atoms with Crippen LogP contribution in [0.5, 0.6) is 0 Å². The molecule has 3 nitrogen and oxygen atoms in total. The molecule has 0 spiro atoms. The van der Waals surface area contributed by atoms with E-state index in [2.05, 4.69) is 163 Å². The van der Waals surface area contributed by atoms with E-state index in [1.165, 1.54) is 22.3 Å². The summed E-state index contributed by atoms with van der Waals surface area (Å²) in [5.74, 6) is 0. The first-order chi connectivity index (χ1) is 21.5. The summed E-state index contributed by atoms with van der Waals surface area (Å²) in [6.45, 7) is 26.2. The van der Waals surface area contributed by atoms with Crippen molar-refractivity contribution < 1.29 is 14.6 Å². The minimum Gasteiger partial charge on any atom is -0.443 e. The van der Waals surface area contributed by atoms with Crippen molar-refractivity contribution in [3.05, 3.63) is 104 Å². The van der Waals surface area contributed by atoms with E-state index < -0.39 is 14.2 Å². The van der Waals surface area contributed by atoms with Crippen molar-refractivity contribution in [3.8, 4) is 22.3 Å². The maximum absolute atomic E-state index is 10.5. The highest BCUT2D eigenvalue weighted by Crippen LogP contribution is 2.38. The van der Waals surface area contributed by atoms with Gasteiger partial charge in [0.05, 0.1) is 0 Å². The topological polar surface area (TPSA) is 49.7 Å². The normalized spacial score (nSPS) is 13.8. The summed E-state index contributed by atoms with van der Waals surface area (Å²) in [4.78, 5) is 0. The van der Waals surface area contributed by atoms with Gasteiger partial charge in [-0.05, 0) is 89.2 Å². The summed E-state index contributed by atoms with van der Waals surface area (Å²) in [6.07, 6.45) is 0. The van der Waals surface area contributed by atoms with Crippen LogP contribution >= 0.6 is 31.9 Å². The van der Waals surface area contributed by atoms with Crippen molar-refractivity contribution in [1.29, 1.82) is 0 Å². The molecule has 0 saturated carbocycles. The van der Waals surface area contributed by atoms with E-state index in [0.29, 0.717) is 10.9 Å². The minimum absolute atomic E-state index is 0.0292. The summed E-state index contributed by atoms with van der Waals surface area (Å²) in [5.41, 5.74) is 10.9. The Kier molecular flexibility index (Phi) is 10.9. The molecule has 4 aromatic carbocycles. The van der Waals surface area contributed by atoms with E-state index in [1.807, 2.05) is 24.3 Å². The lowest BCUT2D eigenvalue weighted by atomic mass is 9.72. The molecule has 0 bridgehead atoms. The van der Waals surface area contributed by atoms with E-state index in [1.54, 1.807) is 0 Å². The Labute approximate surface area is 301 Å². The van der Waals surface area contributed by atoms with Crippen molar-refractivity contribution in [2.75, 3.05) is 0 Å². The van der Waals surface area contributed by atoms with Crippen LogP contribution in [0.3, 0.4) is 0 Å². The van der Waals surface area contributed by atoms with E-state index in [4.69, 9.17) is 4.57 Å². The number of rotatable bonds is 1. The lowest BCUT2D eigenvalue weighted by Gasteiger charge is -2.22. The van der Waals surface area contributed by atoms with Crippen LogP contribution in [0.4, 0.5) is 0 Å². The third-order valence-electron chi connectivity index (χ3n) is 8.88. The molecule has 0 unspecified atom stereocenters. The molecular formula is C40H50B2Br2O3. The number of fused-ring (bicyclic) bond motifs is 3. The Balaban J connectivity index is 0.000000215. The van der Waals surface area contributed by atoms with Gasteiger partial charge in [0.2, 0.25) is 0 Å². The third-order valence-corrected chi connectivity index (χ3v) is 10.2. The largest absolute Gasteiger partial charge is 0.478 e. The summed E-state index contributed by atoms with van der Waals surface area (Å²) < 4.78 is 7.80. The molecule has 248 valence electrons. The van der Waals surface area contributed by atoms with Gasteiger partial charge in [0.1, 0.15) is 0 Å². The molecule has 2 N–H and O–H groups in total. The first kappa shape index (κ1) is 37.7. The molecule has 0 fully saturated rings. The third kappa shape index (κ3) is 8.72. The Bertz CT molecular complexity index is 1630. The van der Waals surface area contributed by atoms with Crippen LogP contribution in [-0.2, 0) is 26.2 Å². The molecule has 5 rings (SSSR count). The standard InChI is InChI=1S/C20H26B2O3.C20H24Br2/c1-19(2,3)13-7-9-15-16-10-8-14(20(4,5)6)12-18(16)22(24)25-21(23)17(15)11-13;1-19(2,3)13-7-9-15(17(21)11-13)16-10-8-14(12-18(16)22)20(4,5)6/h7-12,23-24H,1-6H3;7-12H,1-6H3. The molecule has 0 radical (unpaired) electrons. The second-order valence-electron chi connectivity index (χ2n) is 16.8. The Morgan fingerprint density at radius 3 is 0.936 bits per heavy atom. The van der Waals surface area contributed by atoms with Gasteiger partial charge in [0.25, 0.3) is 0 Å². The van der Waals surface area contributed by atoms with Crippen LogP contribution in [0.1, 0.15) is 105 Å². The summed E-state index contributed by atoms with van der Waals surface area (Å²) in [7, 11) is -2.31. The molecule has 0 atom stereocenters. The molecular weight excluding hydrogens is 710 g/mol. The van der Waals surface area contributed by atoms with Crippen molar-refractivity contribution in [2.45, 2.75) is 105 Å². The average Bonchev–Trinajstić information content (AvgIpc) is 3.05. The lowest BCUT2D eigenvalue weighted by molar-refractivity contribution is 0.379. The second kappa shape index (κ2) is 13.6. The fourth-order valence-corrected chi connectivity index (χ4v) is 6.81. The maximum atomic E-state index is 10.5. The molecule has 1 aliphatic heterocycles. The van der Waals surface area contributed by atoms with Crippen molar-refractivity contribution in [1.82, 2.24) is 0 Å². The highest BCUT2D eigenvalue weighted by atomic mass is 79.9. The van der Waals surface area contributed by atoms with Gasteiger partial charge in [-0.15, -0.1) is 0 Å². The van der Waals surface area contributed by atoms with Crippen LogP contribution < -0.4 is 10.9 Å². The first-order valence-corrected chi connectivity index (χ1v) is 18.0. The Morgan fingerprint density at radius 2 is 0.681 bits per heavy atom. The van der Waals surface area contributed by atoms with E-state index in [0.717, 1.165) is 31.2 Å². The Morgan fingerprint density at radius 1 is 0.426 bits per heavy atom. The Hall–Kier alpha value is -2.15. The van der Waals surface area contributed by atoms with Gasteiger partial charge < -0.3 is 14.6 Å². The van der Waals surface area contributed by atoms with Gasteiger partial charge in [0, 0.05) is 8.95 Å². The maximum Gasteiger partial charge on any atom is 0.478 e. The summed E-state index contributed by atoms with van der Waals surface area (Å²) in [6, 6.07) is 25.5. The van der Waals surface area contributed by atoms with Crippen LogP contribution in [0.15, 0.2) is 81.7 Å². The van der Waals surface area contributed by atoms with Crippen LogP contribution in [0, 0.1) is 0 Å². The minimum atomic E-state index is -1.15. The van der Waals surface area contributed by atoms with Crippen molar-refractivity contribution >= 4 is 57.0 Å². The zero-order chi connectivity index (χ0) is 35.3. The molecule has 1 heterocycles. The monoisotopic (exact) mass is 758 g/mol. The average molecular weight is 760 g/mol. The number of hydrogen-bond acceptors (Lipinski definition) is 3. The second-order valence-corrected chi connectivity index (χ2v) is 18.5. The lowest BCUT2D eigenvalue weighted by Crippen LogP contribution is -2.43. The molecule has 47 heavy (non-hydrogen) atoms. The summed E-state index contributed by atoms with van der Waals surface area (Å²) >= 11 is 7.50. The molecule has 0 aliphatic carbocycles. The van der Waals surface area contributed by atoms with Crippen molar-refractivity contribution in [2.24, 2.45) is 0 Å². The van der Waals surface area contributed by atoms with Crippen LogP contribution in [0.2, 0.25) is 0 Å². The first-order valence-electron chi connectivity index (χ1n) is 16.4. The molecule has 0 saturated heterocycles. The number of hydrogen-bond donors (Lipinski definition) is 2. The SMILES string of the molecule is CC(C)(C)c1ccc(-c2ccc(C(C)(C)C)cc2Br)c(Br)c1.CC(C)(C)c1ccc2c(c1)B(O)OB(O)c1cc(C(C)(C)C)ccc1-2. The van der Waals surface area contributed by atoms with Crippen LogP contribution in [0.25, 0.3) is 22.3 Å². The van der Waals surface area contributed by atoms with Crippen molar-refractivity contribution in [3.63, 3.8) is 0 Å². The molecule has 1 aliphatic rings. The van der Waals surface area contributed by atoms with E-state index in [-0.39, 0.29) is 21.7 Å². The van der Waals surface area contributed by atoms with Gasteiger partial charge in [-0.25, -0.2) is 0 Å². The van der Waals surface area contributed by atoms with E-state index in [9.17, 15) is 10.0 Å². The highest BCUT2D eigenvalue weighted by Gasteiger charge is 2.36. The van der Waals surface area contributed by atoms with Gasteiger partial charge in [-0.3, -0.25) is 0 Å². The predicted octanol–water partition coefficient (Wildman–Crippen LogP) is 9.83. The van der Waals surface area contributed by atoms with E-state index >= 15 is 0 Å². The van der Waals surface area contributed by atoms with Gasteiger partial charge in [-0.2, -0.15) is 0 Å². The van der Waals surface area contributed by atoms with Crippen LogP contribution in [-0.4, -0.2) is 24.3 Å². The van der Waals surface area contributed by atoms with Gasteiger partial charge >= 0.3 is 14.2 Å². The van der Waals surface area contributed by atoms with Gasteiger partial charge in [-0.1, -0.05) is 176 Å². The molecule has 0 aromatic heterocycles. The predicted molar refractivity (Wildman–Crippen MR) is 210 cm³/mol.